The molecule has 120 valence electrons. The second-order valence-corrected chi connectivity index (χ2v) is 6.57. The predicted octanol–water partition coefficient (Wildman–Crippen LogP) is 4.18. The summed E-state index contributed by atoms with van der Waals surface area (Å²) in [5, 5.41) is 5.99. The van der Waals surface area contributed by atoms with Crippen molar-refractivity contribution < 1.29 is 0 Å². The lowest BCUT2D eigenvalue weighted by Gasteiger charge is -2.24. The van der Waals surface area contributed by atoms with Gasteiger partial charge in [-0.15, -0.1) is 0 Å². The van der Waals surface area contributed by atoms with Gasteiger partial charge in [0.05, 0.1) is 6.20 Å². The van der Waals surface area contributed by atoms with Crippen LogP contribution in [0.4, 0.5) is 5.82 Å². The number of hydrogen-bond donors (Lipinski definition) is 1. The van der Waals surface area contributed by atoms with Gasteiger partial charge in [-0.25, -0.2) is 9.97 Å². The first-order chi connectivity index (χ1) is 11.9. The highest BCUT2D eigenvalue weighted by atomic mass is 15.1. The quantitative estimate of drug-likeness (QED) is 0.603. The van der Waals surface area contributed by atoms with Crippen LogP contribution in [0.1, 0.15) is 32.1 Å². The fraction of sp³-hybridized carbons (Fsp3) is 0.316. The molecule has 1 aliphatic carbocycles. The normalized spacial score (nSPS) is 16.2. The van der Waals surface area contributed by atoms with Crippen LogP contribution in [0.3, 0.4) is 0 Å². The molecular formula is C19H19N5. The van der Waals surface area contributed by atoms with Gasteiger partial charge >= 0.3 is 0 Å². The second kappa shape index (κ2) is 5.44. The summed E-state index contributed by atoms with van der Waals surface area (Å²) in [7, 11) is 0. The van der Waals surface area contributed by atoms with Crippen molar-refractivity contribution in [2.24, 2.45) is 0 Å². The van der Waals surface area contributed by atoms with Gasteiger partial charge < -0.3 is 5.32 Å². The summed E-state index contributed by atoms with van der Waals surface area (Å²) in [6.45, 7) is 0. The molecule has 5 heteroatoms. The van der Waals surface area contributed by atoms with E-state index >= 15 is 0 Å². The van der Waals surface area contributed by atoms with Crippen molar-refractivity contribution in [1.29, 1.82) is 0 Å². The number of benzene rings is 1. The zero-order valence-corrected chi connectivity index (χ0v) is 13.4. The van der Waals surface area contributed by atoms with Crippen LogP contribution in [0.5, 0.6) is 0 Å². The van der Waals surface area contributed by atoms with Gasteiger partial charge in [-0.3, -0.25) is 9.38 Å². The van der Waals surface area contributed by atoms with Crippen molar-refractivity contribution >= 4 is 33.4 Å². The highest BCUT2D eigenvalue weighted by molar-refractivity contribution is 6.08. The van der Waals surface area contributed by atoms with Gasteiger partial charge in [0, 0.05) is 29.2 Å². The highest BCUT2D eigenvalue weighted by Gasteiger charge is 2.18. The molecule has 1 saturated carbocycles. The zero-order valence-electron chi connectivity index (χ0n) is 13.4. The van der Waals surface area contributed by atoms with Crippen molar-refractivity contribution in [3.05, 3.63) is 42.9 Å². The summed E-state index contributed by atoms with van der Waals surface area (Å²) in [5.74, 6) is 0.976. The molecule has 1 N–H and O–H groups in total. The molecular weight excluding hydrogens is 298 g/mol. The maximum atomic E-state index is 4.95. The molecule has 24 heavy (non-hydrogen) atoms. The van der Waals surface area contributed by atoms with Crippen LogP contribution in [0.15, 0.2) is 42.9 Å². The third kappa shape index (κ3) is 2.12. The van der Waals surface area contributed by atoms with Gasteiger partial charge in [0.2, 0.25) is 0 Å². The topological polar surface area (TPSA) is 55.1 Å². The summed E-state index contributed by atoms with van der Waals surface area (Å²) < 4.78 is 2.01. The van der Waals surface area contributed by atoms with Gasteiger partial charge in [0.1, 0.15) is 11.3 Å². The first-order valence-electron chi connectivity index (χ1n) is 8.67. The molecule has 1 fully saturated rings. The summed E-state index contributed by atoms with van der Waals surface area (Å²) in [4.78, 5) is 13.9. The Morgan fingerprint density at radius 2 is 1.83 bits per heavy atom. The third-order valence-corrected chi connectivity index (χ3v) is 5.01. The standard InChI is InChI=1S/C19H19N5/c1-2-6-13(7-3-1)21-18-15-9-5-4-8-14(15)17-19(23-18)24-11-10-20-12-16(24)22-17/h4-5,8-13H,1-3,6-7H2,(H,21,23). The number of rotatable bonds is 2. The van der Waals surface area contributed by atoms with Crippen LogP contribution in [-0.4, -0.2) is 25.4 Å². The van der Waals surface area contributed by atoms with E-state index < -0.39 is 0 Å². The third-order valence-electron chi connectivity index (χ3n) is 5.01. The molecule has 3 aromatic heterocycles. The van der Waals surface area contributed by atoms with E-state index in [4.69, 9.17) is 9.97 Å². The number of imidazole rings is 1. The Hall–Kier alpha value is -2.69. The average Bonchev–Trinajstić information content (AvgIpc) is 3.02. The molecule has 0 aliphatic heterocycles. The largest absolute Gasteiger partial charge is 0.367 e. The summed E-state index contributed by atoms with van der Waals surface area (Å²) in [6.07, 6.45) is 11.9. The fourth-order valence-corrected chi connectivity index (χ4v) is 3.79. The minimum Gasteiger partial charge on any atom is -0.367 e. The molecule has 1 aromatic carbocycles. The predicted molar refractivity (Wildman–Crippen MR) is 96.3 cm³/mol. The van der Waals surface area contributed by atoms with E-state index in [1.54, 1.807) is 12.4 Å². The molecule has 0 saturated heterocycles. The molecule has 4 aromatic rings. The molecule has 0 spiro atoms. The highest BCUT2D eigenvalue weighted by Crippen LogP contribution is 2.31. The van der Waals surface area contributed by atoms with Crippen LogP contribution in [-0.2, 0) is 0 Å². The number of nitrogens with zero attached hydrogens (tertiary/aromatic N) is 4. The van der Waals surface area contributed by atoms with Crippen molar-refractivity contribution in [3.8, 4) is 0 Å². The molecule has 3 heterocycles. The lowest BCUT2D eigenvalue weighted by molar-refractivity contribution is 0.462. The summed E-state index contributed by atoms with van der Waals surface area (Å²) in [6, 6.07) is 8.92. The van der Waals surface area contributed by atoms with Crippen molar-refractivity contribution in [3.63, 3.8) is 0 Å². The molecule has 0 unspecified atom stereocenters. The Morgan fingerprint density at radius 1 is 1.00 bits per heavy atom. The van der Waals surface area contributed by atoms with Crippen LogP contribution in [0.25, 0.3) is 27.6 Å². The number of pyridine rings is 1. The number of hydrogen-bond acceptors (Lipinski definition) is 4. The van der Waals surface area contributed by atoms with Gasteiger partial charge in [-0.05, 0) is 12.8 Å². The molecule has 0 radical (unpaired) electrons. The van der Waals surface area contributed by atoms with Crippen molar-refractivity contribution in [2.45, 2.75) is 38.1 Å². The van der Waals surface area contributed by atoms with Crippen molar-refractivity contribution in [2.75, 3.05) is 5.32 Å². The monoisotopic (exact) mass is 317 g/mol. The minimum atomic E-state index is 0.521. The van der Waals surface area contributed by atoms with E-state index in [9.17, 15) is 0 Å². The summed E-state index contributed by atoms with van der Waals surface area (Å²) >= 11 is 0. The van der Waals surface area contributed by atoms with E-state index in [1.807, 2.05) is 10.6 Å². The molecule has 0 atom stereocenters. The SMILES string of the molecule is c1ccc2c(c1)c(NC1CCCCC1)nc1c2nc2cnccn21. The zero-order chi connectivity index (χ0) is 15.9. The molecule has 0 amide bonds. The van der Waals surface area contributed by atoms with Crippen LogP contribution >= 0.6 is 0 Å². The Kier molecular flexibility index (Phi) is 3.11. The van der Waals surface area contributed by atoms with E-state index in [-0.39, 0.29) is 0 Å². The first kappa shape index (κ1) is 13.7. The van der Waals surface area contributed by atoms with Gasteiger partial charge in [-0.2, -0.15) is 0 Å². The Morgan fingerprint density at radius 3 is 2.71 bits per heavy atom. The second-order valence-electron chi connectivity index (χ2n) is 6.57. The van der Waals surface area contributed by atoms with Crippen LogP contribution in [0, 0.1) is 0 Å². The van der Waals surface area contributed by atoms with Gasteiger partial charge in [-0.1, -0.05) is 43.5 Å². The van der Waals surface area contributed by atoms with Crippen molar-refractivity contribution in [1.82, 2.24) is 19.4 Å². The smallest absolute Gasteiger partial charge is 0.167 e. The average molecular weight is 317 g/mol. The number of anilines is 1. The first-order valence-corrected chi connectivity index (χ1v) is 8.67. The number of aromatic nitrogens is 4. The molecule has 1 aliphatic rings. The van der Waals surface area contributed by atoms with E-state index in [1.165, 1.54) is 32.1 Å². The van der Waals surface area contributed by atoms with Gasteiger partial charge in [0.25, 0.3) is 0 Å². The van der Waals surface area contributed by atoms with Crippen LogP contribution in [0.2, 0.25) is 0 Å². The van der Waals surface area contributed by atoms with Crippen LogP contribution < -0.4 is 5.32 Å². The Bertz CT molecular complexity index is 1030. The number of fused-ring (bicyclic) bond motifs is 5. The maximum Gasteiger partial charge on any atom is 0.167 e. The lowest BCUT2D eigenvalue weighted by Crippen LogP contribution is -2.23. The maximum absolute atomic E-state index is 4.95. The molecule has 5 rings (SSSR count). The molecule has 5 nitrogen and oxygen atoms in total. The fourth-order valence-electron chi connectivity index (χ4n) is 3.79. The van der Waals surface area contributed by atoms with Gasteiger partial charge in [0.15, 0.2) is 11.3 Å². The van der Waals surface area contributed by atoms with E-state index in [0.29, 0.717) is 6.04 Å². The number of nitrogens with one attached hydrogen (secondary N) is 1. The Balaban J connectivity index is 1.76. The van der Waals surface area contributed by atoms with E-state index in [0.717, 1.165) is 33.4 Å². The Labute approximate surface area is 139 Å². The minimum absolute atomic E-state index is 0.521. The van der Waals surface area contributed by atoms with E-state index in [2.05, 4.69) is 34.6 Å². The lowest BCUT2D eigenvalue weighted by atomic mass is 9.95. The summed E-state index contributed by atoms with van der Waals surface area (Å²) in [5.41, 5.74) is 2.66. The molecule has 0 bridgehead atoms.